The van der Waals surface area contributed by atoms with Gasteiger partial charge in [0.15, 0.2) is 0 Å². The number of nitrogens with zero attached hydrogens (tertiary/aromatic N) is 2. The molecule has 0 bridgehead atoms. The number of aromatic nitrogens is 1. The quantitative estimate of drug-likeness (QED) is 0.742. The molecule has 94 valence electrons. The van der Waals surface area contributed by atoms with Gasteiger partial charge in [-0.05, 0) is 51.2 Å². The standard InChI is InChI=1S/C14H21ClN2/c1-10(2)17(9-12-4-5-12)14-7-6-13(8-15)11(3)16-14/h6-7,10,12H,4-5,8-9H2,1-3H3. The monoisotopic (exact) mass is 252 g/mol. The van der Waals surface area contributed by atoms with Crippen molar-refractivity contribution in [3.05, 3.63) is 23.4 Å². The molecule has 0 aliphatic heterocycles. The highest BCUT2D eigenvalue weighted by atomic mass is 35.5. The first-order valence-electron chi connectivity index (χ1n) is 6.41. The Kier molecular flexibility index (Phi) is 3.93. The first-order valence-corrected chi connectivity index (χ1v) is 6.94. The zero-order valence-electron chi connectivity index (χ0n) is 10.9. The van der Waals surface area contributed by atoms with Crippen LogP contribution in [0.4, 0.5) is 5.82 Å². The lowest BCUT2D eigenvalue weighted by molar-refractivity contribution is 0.635. The molecule has 2 nitrogen and oxygen atoms in total. The molecule has 17 heavy (non-hydrogen) atoms. The van der Waals surface area contributed by atoms with Gasteiger partial charge in [-0.3, -0.25) is 0 Å². The molecule has 1 aromatic rings. The Balaban J connectivity index is 2.19. The molecule has 1 aliphatic rings. The second kappa shape index (κ2) is 5.26. The smallest absolute Gasteiger partial charge is 0.129 e. The van der Waals surface area contributed by atoms with Crippen LogP contribution in [0.25, 0.3) is 0 Å². The van der Waals surface area contributed by atoms with Gasteiger partial charge in [-0.25, -0.2) is 4.98 Å². The Morgan fingerprint density at radius 1 is 1.41 bits per heavy atom. The minimum atomic E-state index is 0.504. The first-order chi connectivity index (χ1) is 8.11. The number of halogens is 1. The molecule has 0 spiro atoms. The van der Waals surface area contributed by atoms with E-state index in [1.165, 1.54) is 12.8 Å². The van der Waals surface area contributed by atoms with Crippen molar-refractivity contribution in [3.63, 3.8) is 0 Å². The maximum atomic E-state index is 5.87. The lowest BCUT2D eigenvalue weighted by Gasteiger charge is -2.28. The summed E-state index contributed by atoms with van der Waals surface area (Å²) in [6.07, 6.45) is 2.75. The Hall–Kier alpha value is -0.760. The zero-order valence-corrected chi connectivity index (χ0v) is 11.7. The zero-order chi connectivity index (χ0) is 12.4. The van der Waals surface area contributed by atoms with Crippen molar-refractivity contribution >= 4 is 17.4 Å². The van der Waals surface area contributed by atoms with E-state index in [0.717, 1.165) is 29.5 Å². The molecule has 1 fully saturated rings. The van der Waals surface area contributed by atoms with E-state index in [9.17, 15) is 0 Å². The minimum Gasteiger partial charge on any atom is -0.354 e. The molecule has 3 heteroatoms. The SMILES string of the molecule is Cc1nc(N(CC2CC2)C(C)C)ccc1CCl. The minimum absolute atomic E-state index is 0.504. The van der Waals surface area contributed by atoms with E-state index < -0.39 is 0 Å². The van der Waals surface area contributed by atoms with Gasteiger partial charge < -0.3 is 4.90 Å². The Labute approximate surface area is 109 Å². The number of hydrogen-bond acceptors (Lipinski definition) is 2. The van der Waals surface area contributed by atoms with Crippen LogP contribution >= 0.6 is 11.6 Å². The van der Waals surface area contributed by atoms with Crippen LogP contribution in [0.2, 0.25) is 0 Å². The van der Waals surface area contributed by atoms with Gasteiger partial charge in [0.2, 0.25) is 0 Å². The van der Waals surface area contributed by atoms with Crippen LogP contribution < -0.4 is 4.90 Å². The fourth-order valence-corrected chi connectivity index (χ4v) is 2.31. The fraction of sp³-hybridized carbons (Fsp3) is 0.643. The Bertz CT molecular complexity index is 386. The summed E-state index contributed by atoms with van der Waals surface area (Å²) in [5.74, 6) is 2.52. The topological polar surface area (TPSA) is 16.1 Å². The molecule has 0 unspecified atom stereocenters. The molecule has 0 amide bonds. The summed E-state index contributed by atoms with van der Waals surface area (Å²) >= 11 is 5.87. The Morgan fingerprint density at radius 2 is 2.12 bits per heavy atom. The number of rotatable bonds is 5. The van der Waals surface area contributed by atoms with Gasteiger partial charge in [-0.15, -0.1) is 11.6 Å². The molecule has 1 saturated carbocycles. The van der Waals surface area contributed by atoms with Crippen LogP contribution in [-0.4, -0.2) is 17.6 Å². The number of anilines is 1. The van der Waals surface area contributed by atoms with Gasteiger partial charge in [0.1, 0.15) is 5.82 Å². The fourth-order valence-electron chi connectivity index (χ4n) is 2.03. The van der Waals surface area contributed by atoms with Crippen LogP contribution in [-0.2, 0) is 5.88 Å². The summed E-state index contributed by atoms with van der Waals surface area (Å²) in [6.45, 7) is 7.64. The summed E-state index contributed by atoms with van der Waals surface area (Å²) in [6, 6.07) is 4.71. The average Bonchev–Trinajstić information content (AvgIpc) is 3.09. The van der Waals surface area contributed by atoms with Crippen molar-refractivity contribution in [2.75, 3.05) is 11.4 Å². The van der Waals surface area contributed by atoms with E-state index in [1.807, 2.05) is 6.92 Å². The van der Waals surface area contributed by atoms with Crippen LogP contribution in [0.15, 0.2) is 12.1 Å². The predicted octanol–water partition coefficient (Wildman–Crippen LogP) is 3.75. The maximum absolute atomic E-state index is 5.87. The van der Waals surface area contributed by atoms with Crippen molar-refractivity contribution in [3.8, 4) is 0 Å². The maximum Gasteiger partial charge on any atom is 0.129 e. The van der Waals surface area contributed by atoms with E-state index in [0.29, 0.717) is 11.9 Å². The molecular formula is C14H21ClN2. The molecule has 1 heterocycles. The van der Waals surface area contributed by atoms with Gasteiger partial charge in [0, 0.05) is 24.2 Å². The van der Waals surface area contributed by atoms with Gasteiger partial charge in [-0.1, -0.05) is 6.07 Å². The Morgan fingerprint density at radius 3 is 2.59 bits per heavy atom. The third kappa shape index (κ3) is 3.12. The summed E-state index contributed by atoms with van der Waals surface area (Å²) in [4.78, 5) is 7.09. The summed E-state index contributed by atoms with van der Waals surface area (Å²) in [7, 11) is 0. The molecule has 1 aliphatic carbocycles. The van der Waals surface area contributed by atoms with Crippen LogP contribution in [0.1, 0.15) is 37.9 Å². The summed E-state index contributed by atoms with van der Waals surface area (Å²) < 4.78 is 0. The highest BCUT2D eigenvalue weighted by Crippen LogP contribution is 2.32. The van der Waals surface area contributed by atoms with Crippen molar-refractivity contribution in [2.45, 2.75) is 45.5 Å². The molecule has 0 saturated heterocycles. The largest absolute Gasteiger partial charge is 0.354 e. The third-order valence-corrected chi connectivity index (χ3v) is 3.68. The van der Waals surface area contributed by atoms with E-state index in [-0.39, 0.29) is 0 Å². The molecule has 0 atom stereocenters. The molecular weight excluding hydrogens is 232 g/mol. The van der Waals surface area contributed by atoms with Crippen molar-refractivity contribution in [2.24, 2.45) is 5.92 Å². The van der Waals surface area contributed by atoms with Crippen molar-refractivity contribution in [1.29, 1.82) is 0 Å². The summed E-state index contributed by atoms with van der Waals surface area (Å²) in [5.41, 5.74) is 2.18. The molecule has 0 radical (unpaired) electrons. The van der Waals surface area contributed by atoms with Crippen LogP contribution in [0.5, 0.6) is 0 Å². The van der Waals surface area contributed by atoms with Crippen LogP contribution in [0, 0.1) is 12.8 Å². The normalized spacial score (nSPS) is 15.4. The van der Waals surface area contributed by atoms with Gasteiger partial charge >= 0.3 is 0 Å². The summed E-state index contributed by atoms with van der Waals surface area (Å²) in [5, 5.41) is 0. The van der Waals surface area contributed by atoms with E-state index in [2.05, 4.69) is 35.9 Å². The van der Waals surface area contributed by atoms with Gasteiger partial charge in [0.05, 0.1) is 0 Å². The second-order valence-electron chi connectivity index (χ2n) is 5.24. The molecule has 2 rings (SSSR count). The van der Waals surface area contributed by atoms with E-state index >= 15 is 0 Å². The molecule has 1 aromatic heterocycles. The number of pyridine rings is 1. The lowest BCUT2D eigenvalue weighted by Crippen LogP contribution is -2.33. The number of aryl methyl sites for hydroxylation is 1. The highest BCUT2D eigenvalue weighted by Gasteiger charge is 2.26. The highest BCUT2D eigenvalue weighted by molar-refractivity contribution is 6.17. The van der Waals surface area contributed by atoms with Crippen molar-refractivity contribution < 1.29 is 0 Å². The van der Waals surface area contributed by atoms with Crippen molar-refractivity contribution in [1.82, 2.24) is 4.98 Å². The van der Waals surface area contributed by atoms with Gasteiger partial charge in [0.25, 0.3) is 0 Å². The first kappa shape index (κ1) is 12.7. The number of hydrogen-bond donors (Lipinski definition) is 0. The predicted molar refractivity (Wildman–Crippen MR) is 73.7 cm³/mol. The van der Waals surface area contributed by atoms with E-state index in [4.69, 9.17) is 11.6 Å². The third-order valence-electron chi connectivity index (χ3n) is 3.39. The number of alkyl halides is 1. The lowest BCUT2D eigenvalue weighted by atomic mass is 10.2. The average molecular weight is 253 g/mol. The van der Waals surface area contributed by atoms with Crippen LogP contribution in [0.3, 0.4) is 0 Å². The molecule has 0 aromatic carbocycles. The van der Waals surface area contributed by atoms with E-state index in [1.54, 1.807) is 0 Å². The van der Waals surface area contributed by atoms with Gasteiger partial charge in [-0.2, -0.15) is 0 Å². The molecule has 0 N–H and O–H groups in total. The second-order valence-corrected chi connectivity index (χ2v) is 5.50.